The van der Waals surface area contributed by atoms with Gasteiger partial charge in [-0.15, -0.1) is 0 Å². The molecule has 0 saturated heterocycles. The predicted octanol–water partition coefficient (Wildman–Crippen LogP) is 3.14. The van der Waals surface area contributed by atoms with Crippen molar-refractivity contribution >= 4 is 0 Å². The molecule has 0 radical (unpaired) electrons. The van der Waals surface area contributed by atoms with Crippen LogP contribution in [0.5, 0.6) is 0 Å². The molecule has 1 N–H and O–H groups in total. The van der Waals surface area contributed by atoms with E-state index in [4.69, 9.17) is 0 Å². The zero-order chi connectivity index (χ0) is 10.2. The van der Waals surface area contributed by atoms with Gasteiger partial charge >= 0.3 is 0 Å². The van der Waals surface area contributed by atoms with Crippen LogP contribution in [-0.4, -0.2) is 6.54 Å². The van der Waals surface area contributed by atoms with E-state index in [1.54, 1.807) is 0 Å². The summed E-state index contributed by atoms with van der Waals surface area (Å²) in [4.78, 5) is 0. The van der Waals surface area contributed by atoms with Crippen LogP contribution in [0.4, 0.5) is 0 Å². The second-order valence-electron chi connectivity index (χ2n) is 3.40. The lowest BCUT2D eigenvalue weighted by molar-refractivity contribution is 0.598. The molecule has 1 aromatic carbocycles. The lowest BCUT2D eigenvalue weighted by atomic mass is 10.0. The van der Waals surface area contributed by atoms with Crippen molar-refractivity contribution in [1.82, 2.24) is 5.32 Å². The summed E-state index contributed by atoms with van der Waals surface area (Å²) in [6.45, 7) is 6.23. The van der Waals surface area contributed by atoms with Crippen LogP contribution in [-0.2, 0) is 13.0 Å². The van der Waals surface area contributed by atoms with Crippen LogP contribution in [0.3, 0.4) is 0 Å². The van der Waals surface area contributed by atoms with Crippen molar-refractivity contribution in [3.63, 3.8) is 0 Å². The third-order valence-electron chi connectivity index (χ3n) is 2.48. The molecule has 78 valence electrons. The van der Waals surface area contributed by atoms with Gasteiger partial charge in [0.25, 0.3) is 0 Å². The van der Waals surface area contributed by atoms with Gasteiger partial charge in [-0.1, -0.05) is 38.1 Å². The Hall–Kier alpha value is -0.820. The van der Waals surface area contributed by atoms with Crippen LogP contribution in [0.2, 0.25) is 0 Å². The molecule has 0 unspecified atom stereocenters. The molecule has 2 rings (SSSR count). The molecule has 0 fully saturated rings. The van der Waals surface area contributed by atoms with E-state index in [1.807, 2.05) is 13.8 Å². The molecular formula is C13H21N. The van der Waals surface area contributed by atoms with E-state index in [1.165, 1.54) is 36.9 Å². The van der Waals surface area contributed by atoms with Gasteiger partial charge in [-0.3, -0.25) is 0 Å². The van der Waals surface area contributed by atoms with Gasteiger partial charge in [0.1, 0.15) is 0 Å². The Bertz CT molecular complexity index is 228. The highest BCUT2D eigenvalue weighted by molar-refractivity contribution is 5.27. The molecule has 0 atom stereocenters. The van der Waals surface area contributed by atoms with Crippen molar-refractivity contribution in [3.8, 4) is 0 Å². The SMILES string of the molecule is CC.c1ccc2c(c1)CCCCNC2. The largest absolute Gasteiger partial charge is 0.313 e. The van der Waals surface area contributed by atoms with Gasteiger partial charge in [-0.2, -0.15) is 0 Å². The molecule has 14 heavy (non-hydrogen) atoms. The van der Waals surface area contributed by atoms with Crippen LogP contribution < -0.4 is 5.32 Å². The number of benzene rings is 1. The third-order valence-corrected chi connectivity index (χ3v) is 2.48. The Kier molecular flexibility index (Phi) is 5.31. The zero-order valence-corrected chi connectivity index (χ0v) is 9.34. The predicted molar refractivity (Wildman–Crippen MR) is 62.4 cm³/mol. The highest BCUT2D eigenvalue weighted by atomic mass is 14.8. The second kappa shape index (κ2) is 6.61. The summed E-state index contributed by atoms with van der Waals surface area (Å²) in [5, 5.41) is 3.44. The fourth-order valence-electron chi connectivity index (χ4n) is 1.76. The van der Waals surface area contributed by atoms with Crippen molar-refractivity contribution in [2.45, 2.75) is 39.7 Å². The van der Waals surface area contributed by atoms with Crippen LogP contribution in [0, 0.1) is 0 Å². The average Bonchev–Trinajstić information content (AvgIpc) is 2.22. The topological polar surface area (TPSA) is 12.0 Å². The third kappa shape index (κ3) is 3.15. The van der Waals surface area contributed by atoms with Gasteiger partial charge < -0.3 is 5.32 Å². The van der Waals surface area contributed by atoms with Gasteiger partial charge in [0.05, 0.1) is 0 Å². The minimum atomic E-state index is 1.05. The summed E-state index contributed by atoms with van der Waals surface area (Å²) < 4.78 is 0. The van der Waals surface area contributed by atoms with Crippen molar-refractivity contribution in [1.29, 1.82) is 0 Å². The van der Waals surface area contributed by atoms with Crippen LogP contribution in [0.15, 0.2) is 24.3 Å². The Balaban J connectivity index is 0.000000461. The Labute approximate surface area is 87.5 Å². The maximum Gasteiger partial charge on any atom is 0.0208 e. The van der Waals surface area contributed by atoms with Crippen LogP contribution >= 0.6 is 0 Å². The molecule has 0 amide bonds. The molecule has 0 aliphatic carbocycles. The molecule has 1 nitrogen and oxygen atoms in total. The van der Waals surface area contributed by atoms with Crippen LogP contribution in [0.1, 0.15) is 37.8 Å². The Morgan fingerprint density at radius 3 is 2.50 bits per heavy atom. The first-order valence-corrected chi connectivity index (χ1v) is 5.74. The van der Waals surface area contributed by atoms with E-state index in [0.717, 1.165) is 6.54 Å². The quantitative estimate of drug-likeness (QED) is 0.664. The van der Waals surface area contributed by atoms with E-state index < -0.39 is 0 Å². The number of nitrogens with one attached hydrogen (secondary N) is 1. The van der Waals surface area contributed by atoms with Crippen molar-refractivity contribution < 1.29 is 0 Å². The van der Waals surface area contributed by atoms with E-state index in [9.17, 15) is 0 Å². The minimum Gasteiger partial charge on any atom is -0.313 e. The fourth-order valence-corrected chi connectivity index (χ4v) is 1.76. The molecule has 1 heteroatoms. The number of hydrogen-bond donors (Lipinski definition) is 1. The summed E-state index contributed by atoms with van der Waals surface area (Å²) in [6.07, 6.45) is 3.90. The second-order valence-corrected chi connectivity index (χ2v) is 3.40. The first-order valence-electron chi connectivity index (χ1n) is 5.74. The molecule has 1 aliphatic rings. The number of fused-ring (bicyclic) bond motifs is 1. The first-order chi connectivity index (χ1) is 6.97. The van der Waals surface area contributed by atoms with Gasteiger partial charge in [-0.05, 0) is 36.9 Å². The molecule has 1 aliphatic heterocycles. The summed E-state index contributed by atoms with van der Waals surface area (Å²) in [7, 11) is 0. The van der Waals surface area contributed by atoms with E-state index in [0.29, 0.717) is 0 Å². The first kappa shape index (κ1) is 11.3. The lowest BCUT2D eigenvalue weighted by Gasteiger charge is -2.13. The van der Waals surface area contributed by atoms with E-state index in [-0.39, 0.29) is 0 Å². The summed E-state index contributed by atoms with van der Waals surface area (Å²) >= 11 is 0. The van der Waals surface area contributed by atoms with Gasteiger partial charge in [0.15, 0.2) is 0 Å². The molecule has 0 aromatic heterocycles. The lowest BCUT2D eigenvalue weighted by Crippen LogP contribution is -2.18. The summed E-state index contributed by atoms with van der Waals surface area (Å²) in [5.74, 6) is 0. The van der Waals surface area contributed by atoms with Gasteiger partial charge in [-0.25, -0.2) is 0 Å². The Morgan fingerprint density at radius 2 is 1.71 bits per heavy atom. The fraction of sp³-hybridized carbons (Fsp3) is 0.538. The number of hydrogen-bond acceptors (Lipinski definition) is 1. The molecule has 0 spiro atoms. The highest BCUT2D eigenvalue weighted by Gasteiger charge is 2.03. The zero-order valence-electron chi connectivity index (χ0n) is 9.34. The van der Waals surface area contributed by atoms with Crippen molar-refractivity contribution in [2.75, 3.05) is 6.54 Å². The smallest absolute Gasteiger partial charge is 0.0208 e. The van der Waals surface area contributed by atoms with Crippen molar-refractivity contribution in [2.24, 2.45) is 0 Å². The van der Waals surface area contributed by atoms with E-state index in [2.05, 4.69) is 29.6 Å². The molecule has 1 aromatic rings. The average molecular weight is 191 g/mol. The maximum absolute atomic E-state index is 3.44. The molecule has 0 bridgehead atoms. The Morgan fingerprint density at radius 1 is 1.00 bits per heavy atom. The standard InChI is InChI=1S/C11H15N.C2H6/c1-2-7-11-9-12-8-4-3-6-10(11)5-1;1-2/h1-2,5,7,12H,3-4,6,8-9H2;1-2H3. The van der Waals surface area contributed by atoms with E-state index >= 15 is 0 Å². The number of rotatable bonds is 0. The minimum absolute atomic E-state index is 1.05. The molecular weight excluding hydrogens is 170 g/mol. The normalized spacial score (nSPS) is 15.6. The maximum atomic E-state index is 3.44. The van der Waals surface area contributed by atoms with Crippen molar-refractivity contribution in [3.05, 3.63) is 35.4 Å². The van der Waals surface area contributed by atoms with Crippen LogP contribution in [0.25, 0.3) is 0 Å². The summed E-state index contributed by atoms with van der Waals surface area (Å²) in [5.41, 5.74) is 3.02. The molecule has 1 heterocycles. The highest BCUT2D eigenvalue weighted by Crippen LogP contribution is 2.13. The summed E-state index contributed by atoms with van der Waals surface area (Å²) in [6, 6.07) is 8.75. The molecule has 0 saturated carbocycles. The van der Waals surface area contributed by atoms with Gasteiger partial charge in [0.2, 0.25) is 0 Å². The monoisotopic (exact) mass is 191 g/mol. The van der Waals surface area contributed by atoms with Gasteiger partial charge in [0, 0.05) is 6.54 Å². The number of aryl methyl sites for hydroxylation is 1.